The minimum Gasteiger partial charge on any atom is -0.394 e. The van der Waals surface area contributed by atoms with Gasteiger partial charge in [0.2, 0.25) is 11.2 Å². The van der Waals surface area contributed by atoms with Gasteiger partial charge >= 0.3 is 0 Å². The van der Waals surface area contributed by atoms with Gasteiger partial charge < -0.3 is 16.0 Å². The molecule has 0 bridgehead atoms. The van der Waals surface area contributed by atoms with Crippen molar-refractivity contribution in [2.45, 2.75) is 25.8 Å². The zero-order chi connectivity index (χ0) is 13.3. The van der Waals surface area contributed by atoms with Crippen molar-refractivity contribution >= 4 is 29.0 Å². The molecule has 1 aromatic heterocycles. The van der Waals surface area contributed by atoms with Crippen LogP contribution in [-0.2, 0) is 4.79 Å². The molecule has 6 nitrogen and oxygen atoms in total. The first-order valence-corrected chi connectivity index (χ1v) is 6.20. The van der Waals surface area contributed by atoms with E-state index in [1.54, 1.807) is 14.0 Å². The molecule has 1 aliphatic rings. The summed E-state index contributed by atoms with van der Waals surface area (Å²) in [6.45, 7) is 2.52. The molecule has 2 rings (SSSR count). The topological polar surface area (TPSA) is 84.1 Å². The minimum absolute atomic E-state index is 0.0284. The van der Waals surface area contributed by atoms with E-state index in [1.165, 1.54) is 0 Å². The second-order valence-corrected chi connectivity index (χ2v) is 4.62. The molecule has 1 fully saturated rings. The third-order valence-electron chi connectivity index (χ3n) is 3.16. The smallest absolute Gasteiger partial charge is 0.242 e. The van der Waals surface area contributed by atoms with E-state index in [4.69, 9.17) is 17.3 Å². The Kier molecular flexibility index (Phi) is 3.56. The van der Waals surface area contributed by atoms with Crippen molar-refractivity contribution in [2.75, 3.05) is 24.2 Å². The number of halogens is 1. The summed E-state index contributed by atoms with van der Waals surface area (Å²) in [5, 5.41) is 2.81. The molecule has 1 saturated heterocycles. The molecule has 0 aromatic carbocycles. The number of amides is 1. The van der Waals surface area contributed by atoms with Crippen molar-refractivity contribution in [3.63, 3.8) is 0 Å². The number of carbonyl (C=O) groups excluding carboxylic acids is 1. The first kappa shape index (κ1) is 12.9. The van der Waals surface area contributed by atoms with Gasteiger partial charge in [0.15, 0.2) is 5.82 Å². The van der Waals surface area contributed by atoms with Crippen LogP contribution in [0.1, 0.15) is 18.5 Å². The van der Waals surface area contributed by atoms with Crippen molar-refractivity contribution in [1.82, 2.24) is 15.3 Å². The van der Waals surface area contributed by atoms with E-state index in [-0.39, 0.29) is 17.2 Å². The van der Waals surface area contributed by atoms with Crippen LogP contribution >= 0.6 is 11.6 Å². The molecule has 7 heteroatoms. The van der Waals surface area contributed by atoms with Crippen molar-refractivity contribution in [1.29, 1.82) is 0 Å². The zero-order valence-corrected chi connectivity index (χ0v) is 11.2. The number of hydrogen-bond acceptors (Lipinski definition) is 5. The average molecular weight is 270 g/mol. The number of rotatable bonds is 2. The third kappa shape index (κ3) is 2.20. The van der Waals surface area contributed by atoms with Gasteiger partial charge in [-0.1, -0.05) is 0 Å². The molecule has 1 aromatic rings. The third-order valence-corrected chi connectivity index (χ3v) is 3.33. The Labute approximate surface area is 111 Å². The van der Waals surface area contributed by atoms with Gasteiger partial charge in [-0.25, -0.2) is 4.98 Å². The summed E-state index contributed by atoms with van der Waals surface area (Å²) in [6.07, 6.45) is 1.72. The average Bonchev–Trinajstić information content (AvgIpc) is 2.81. The van der Waals surface area contributed by atoms with E-state index in [2.05, 4.69) is 15.3 Å². The lowest BCUT2D eigenvalue weighted by Gasteiger charge is -2.25. The van der Waals surface area contributed by atoms with Gasteiger partial charge in [0.1, 0.15) is 6.04 Å². The van der Waals surface area contributed by atoms with Crippen LogP contribution < -0.4 is 16.0 Å². The molecule has 18 heavy (non-hydrogen) atoms. The van der Waals surface area contributed by atoms with Crippen LogP contribution in [0.5, 0.6) is 0 Å². The van der Waals surface area contributed by atoms with Crippen LogP contribution in [0.25, 0.3) is 0 Å². The Morgan fingerprint density at radius 1 is 1.56 bits per heavy atom. The predicted molar refractivity (Wildman–Crippen MR) is 70.6 cm³/mol. The number of nitrogens with two attached hydrogens (primary N) is 1. The summed E-state index contributed by atoms with van der Waals surface area (Å²) in [4.78, 5) is 21.9. The maximum absolute atomic E-state index is 11.8. The minimum atomic E-state index is -0.234. The lowest BCUT2D eigenvalue weighted by molar-refractivity contribution is -0.121. The van der Waals surface area contributed by atoms with E-state index < -0.39 is 0 Å². The molecular formula is C11H16ClN5O. The number of likely N-dealkylation sites (N-methyl/N-ethyl adjacent to an activating group) is 1. The Bertz CT molecular complexity index is 479. The summed E-state index contributed by atoms with van der Waals surface area (Å²) in [7, 11) is 1.63. The van der Waals surface area contributed by atoms with Crippen LogP contribution in [0.15, 0.2) is 0 Å². The summed E-state index contributed by atoms with van der Waals surface area (Å²) < 4.78 is 0. The number of aromatic nitrogens is 2. The highest BCUT2D eigenvalue weighted by Gasteiger charge is 2.32. The van der Waals surface area contributed by atoms with Crippen molar-refractivity contribution in [3.8, 4) is 0 Å². The highest BCUT2D eigenvalue weighted by Crippen LogP contribution is 2.30. The number of anilines is 2. The molecule has 0 spiro atoms. The van der Waals surface area contributed by atoms with Crippen molar-refractivity contribution < 1.29 is 4.79 Å². The maximum Gasteiger partial charge on any atom is 0.242 e. The van der Waals surface area contributed by atoms with Crippen LogP contribution in [0.2, 0.25) is 5.28 Å². The highest BCUT2D eigenvalue weighted by molar-refractivity contribution is 6.28. The Hall–Kier alpha value is -1.56. The molecule has 1 unspecified atom stereocenters. The summed E-state index contributed by atoms with van der Waals surface area (Å²) in [5.41, 5.74) is 7.09. The van der Waals surface area contributed by atoms with E-state index in [0.29, 0.717) is 17.2 Å². The fourth-order valence-electron chi connectivity index (χ4n) is 2.21. The van der Waals surface area contributed by atoms with E-state index in [0.717, 1.165) is 19.4 Å². The Morgan fingerprint density at radius 2 is 2.28 bits per heavy atom. The lowest BCUT2D eigenvalue weighted by atomic mass is 10.2. The number of hydrogen-bond donors (Lipinski definition) is 2. The predicted octanol–water partition coefficient (Wildman–Crippen LogP) is 0.735. The molecule has 0 saturated carbocycles. The number of carbonyl (C=O) groups is 1. The Morgan fingerprint density at radius 3 is 2.94 bits per heavy atom. The maximum atomic E-state index is 11.8. The second kappa shape index (κ2) is 4.97. The highest BCUT2D eigenvalue weighted by atomic mass is 35.5. The first-order valence-electron chi connectivity index (χ1n) is 5.82. The number of nitrogens with zero attached hydrogens (tertiary/aromatic N) is 3. The van der Waals surface area contributed by atoms with Gasteiger partial charge in [0, 0.05) is 13.6 Å². The van der Waals surface area contributed by atoms with Crippen LogP contribution in [0.4, 0.5) is 11.5 Å². The van der Waals surface area contributed by atoms with Gasteiger partial charge in [0.25, 0.3) is 0 Å². The molecule has 2 heterocycles. The lowest BCUT2D eigenvalue weighted by Crippen LogP contribution is -2.42. The Balaban J connectivity index is 2.39. The van der Waals surface area contributed by atoms with E-state index in [9.17, 15) is 4.79 Å². The molecule has 1 aliphatic heterocycles. The second-order valence-electron chi connectivity index (χ2n) is 4.28. The molecule has 1 amide bonds. The van der Waals surface area contributed by atoms with E-state index in [1.807, 2.05) is 4.90 Å². The normalized spacial score (nSPS) is 19.1. The quantitative estimate of drug-likeness (QED) is 0.774. The standard InChI is InChI=1S/C11H16ClN5O/c1-6-8(13)9(16-11(12)15-6)17-5-3-4-7(17)10(18)14-2/h7H,3-5,13H2,1-2H3,(H,14,18). The van der Waals surface area contributed by atoms with Crippen LogP contribution in [0.3, 0.4) is 0 Å². The van der Waals surface area contributed by atoms with Gasteiger partial charge in [-0.3, -0.25) is 4.79 Å². The fraction of sp³-hybridized carbons (Fsp3) is 0.545. The zero-order valence-electron chi connectivity index (χ0n) is 10.4. The fourth-order valence-corrected chi connectivity index (χ4v) is 2.42. The van der Waals surface area contributed by atoms with Gasteiger partial charge in [-0.15, -0.1) is 0 Å². The molecule has 98 valence electrons. The largest absolute Gasteiger partial charge is 0.394 e. The number of aryl methyl sites for hydroxylation is 1. The summed E-state index contributed by atoms with van der Waals surface area (Å²) in [6, 6.07) is -0.234. The molecule has 3 N–H and O–H groups in total. The number of nitrogen functional groups attached to an aromatic ring is 1. The SMILES string of the molecule is CNC(=O)C1CCCN1c1nc(Cl)nc(C)c1N. The molecule has 0 aliphatic carbocycles. The number of nitrogens with one attached hydrogen (secondary N) is 1. The van der Waals surface area contributed by atoms with Gasteiger partial charge in [-0.05, 0) is 31.4 Å². The van der Waals surface area contributed by atoms with Crippen LogP contribution in [0, 0.1) is 6.92 Å². The van der Waals surface area contributed by atoms with Crippen molar-refractivity contribution in [2.24, 2.45) is 0 Å². The van der Waals surface area contributed by atoms with E-state index >= 15 is 0 Å². The molecule has 0 radical (unpaired) electrons. The summed E-state index contributed by atoms with van der Waals surface area (Å²) in [5.74, 6) is 0.526. The summed E-state index contributed by atoms with van der Waals surface area (Å²) >= 11 is 5.86. The molecular weight excluding hydrogens is 254 g/mol. The van der Waals surface area contributed by atoms with Gasteiger partial charge in [-0.2, -0.15) is 4.98 Å². The first-order chi connectivity index (χ1) is 8.54. The monoisotopic (exact) mass is 269 g/mol. The van der Waals surface area contributed by atoms with Crippen LogP contribution in [-0.4, -0.2) is 35.5 Å². The molecule has 1 atom stereocenters. The van der Waals surface area contributed by atoms with Gasteiger partial charge in [0.05, 0.1) is 11.4 Å². The van der Waals surface area contributed by atoms with Crippen molar-refractivity contribution in [3.05, 3.63) is 11.0 Å².